The summed E-state index contributed by atoms with van der Waals surface area (Å²) in [6, 6.07) is 22.3. The molecule has 2 aromatic heterocycles. The molecule has 6 aliphatic rings. The van der Waals surface area contributed by atoms with E-state index in [2.05, 4.69) is 81.7 Å². The standard InChI is InChI=1S/C56H70N8O9S/c1-35(2)41-8-6-7-9-42(41)49-32-72-34-54(3,4)63(49)39-29-56(30-39)20-23-61(24-21-56)38-10-12-43(46(27-38)62-45-17-25-71-33-50(45)73-53-48(62)26-37-16-22-57-51(37)59-53)52(65)60-74(69,70)40-11-13-44(47(28-40)64(67)68)58-31-36-14-18-55(5,66)19-15-36/h6-13,16,22,26-28,35-36,39,45,49-50,58,66H,14-15,17-21,23-25,29-34H2,1-5H3,(H,57,59)(H,60,65)/t36?,45-,49-,50-,55?/m0/s1. The van der Waals surface area contributed by atoms with E-state index < -0.39 is 43.1 Å². The number of benzene rings is 3. The minimum atomic E-state index is -4.63. The number of piperidine rings is 1. The number of carbonyl (C=O) groups excluding carboxylic acids is 1. The molecular formula is C56H70N8O9S. The van der Waals surface area contributed by atoms with Crippen LogP contribution in [0.3, 0.4) is 0 Å². The number of rotatable bonds is 12. The molecule has 394 valence electrons. The summed E-state index contributed by atoms with van der Waals surface area (Å²) in [6.45, 7) is 15.2. The van der Waals surface area contributed by atoms with E-state index >= 15 is 0 Å². The Balaban J connectivity index is 0.871. The number of fused-ring (bicyclic) bond motifs is 3. The topological polar surface area (TPSA) is 205 Å². The van der Waals surface area contributed by atoms with Gasteiger partial charge in [0.15, 0.2) is 0 Å². The lowest BCUT2D eigenvalue weighted by Crippen LogP contribution is -2.64. The number of carbonyl (C=O) groups is 1. The van der Waals surface area contributed by atoms with E-state index in [1.807, 2.05) is 37.4 Å². The van der Waals surface area contributed by atoms with Crippen LogP contribution in [0.5, 0.6) is 5.88 Å². The Morgan fingerprint density at radius 1 is 0.946 bits per heavy atom. The Morgan fingerprint density at radius 2 is 1.72 bits per heavy atom. The van der Waals surface area contributed by atoms with Crippen molar-refractivity contribution in [2.75, 3.05) is 61.2 Å². The van der Waals surface area contributed by atoms with Crippen molar-refractivity contribution in [3.05, 3.63) is 106 Å². The van der Waals surface area contributed by atoms with Crippen molar-refractivity contribution in [2.24, 2.45) is 11.3 Å². The van der Waals surface area contributed by atoms with Crippen LogP contribution in [0.15, 0.2) is 83.9 Å². The Hall–Kier alpha value is -5.79. The lowest BCUT2D eigenvalue weighted by Gasteiger charge is -2.61. The highest BCUT2D eigenvalue weighted by Gasteiger charge is 2.53. The van der Waals surface area contributed by atoms with Gasteiger partial charge in [-0.2, -0.15) is 4.98 Å². The fourth-order valence-electron chi connectivity index (χ4n) is 13.1. The first-order valence-electron chi connectivity index (χ1n) is 26.6. The first-order valence-corrected chi connectivity index (χ1v) is 28.0. The number of sulfonamides is 1. The number of nitro benzene ring substituents is 1. The van der Waals surface area contributed by atoms with Crippen molar-refractivity contribution in [1.29, 1.82) is 0 Å². The van der Waals surface area contributed by atoms with Crippen LogP contribution in [0.4, 0.5) is 28.4 Å². The highest BCUT2D eigenvalue weighted by atomic mass is 32.2. The van der Waals surface area contributed by atoms with Gasteiger partial charge >= 0.3 is 0 Å². The molecule has 17 nitrogen and oxygen atoms in total. The van der Waals surface area contributed by atoms with Gasteiger partial charge in [-0.05, 0) is 149 Å². The molecule has 0 bridgehead atoms. The summed E-state index contributed by atoms with van der Waals surface area (Å²) in [5, 5.41) is 26.8. The number of amides is 1. The molecule has 1 amide bonds. The predicted molar refractivity (Wildman–Crippen MR) is 284 cm³/mol. The third-order valence-electron chi connectivity index (χ3n) is 17.2. The molecule has 0 radical (unpaired) electrons. The van der Waals surface area contributed by atoms with Gasteiger partial charge in [0.1, 0.15) is 23.1 Å². The van der Waals surface area contributed by atoms with Crippen LogP contribution in [0, 0.1) is 21.4 Å². The van der Waals surface area contributed by atoms with E-state index in [-0.39, 0.29) is 40.2 Å². The normalized spacial score (nSPS) is 26.0. The van der Waals surface area contributed by atoms with Crippen molar-refractivity contribution < 1.29 is 37.5 Å². The van der Waals surface area contributed by atoms with Gasteiger partial charge in [0.2, 0.25) is 5.88 Å². The van der Waals surface area contributed by atoms with Gasteiger partial charge in [0.05, 0.1) is 58.6 Å². The number of aliphatic hydroxyl groups is 1. The average Bonchev–Trinajstić information content (AvgIpc) is 3.83. The summed E-state index contributed by atoms with van der Waals surface area (Å²) in [6.07, 6.45) is 9.00. The lowest BCUT2D eigenvalue weighted by atomic mass is 9.59. The molecule has 1 spiro atoms. The highest BCUT2D eigenvalue weighted by molar-refractivity contribution is 7.90. The molecule has 3 aromatic carbocycles. The van der Waals surface area contributed by atoms with Crippen LogP contribution in [-0.2, 0) is 19.5 Å². The van der Waals surface area contributed by atoms with Gasteiger partial charge in [0, 0.05) is 61.2 Å². The van der Waals surface area contributed by atoms with Gasteiger partial charge in [-0.1, -0.05) is 38.1 Å². The first-order chi connectivity index (χ1) is 35.4. The molecule has 3 saturated heterocycles. The maximum absolute atomic E-state index is 14.8. The number of pyridine rings is 1. The molecule has 3 atom stereocenters. The van der Waals surface area contributed by atoms with Crippen LogP contribution < -0.4 is 24.6 Å². The molecule has 2 saturated carbocycles. The Kier molecular flexibility index (Phi) is 13.2. The van der Waals surface area contributed by atoms with E-state index in [9.17, 15) is 28.4 Å². The SMILES string of the molecule is CC(C)c1ccccc1[C@@H]1COCC(C)(C)N1C1CC2(CCN(c3ccc(C(=O)NS(=O)(=O)c4ccc(NCC5CCC(C)(O)CC5)c([N+](=O)[O-])c4)c(N4c5cc6cc[nH]c6nc5O[C@H]5COCC[C@@H]54)c3)CC2)C1. The van der Waals surface area contributed by atoms with Crippen LogP contribution in [-0.4, -0.2) is 115 Å². The van der Waals surface area contributed by atoms with Crippen molar-refractivity contribution >= 4 is 55.4 Å². The second kappa shape index (κ2) is 19.4. The number of hydrogen-bond donors (Lipinski definition) is 4. The minimum absolute atomic E-state index is 0.112. The summed E-state index contributed by atoms with van der Waals surface area (Å²) in [4.78, 5) is 41.4. The maximum Gasteiger partial charge on any atom is 0.293 e. The number of nitrogens with zero attached hydrogens (tertiary/aromatic N) is 5. The predicted octanol–water partition coefficient (Wildman–Crippen LogP) is 9.36. The van der Waals surface area contributed by atoms with Crippen LogP contribution in [0.1, 0.15) is 126 Å². The molecule has 5 fully saturated rings. The van der Waals surface area contributed by atoms with Gasteiger partial charge in [-0.3, -0.25) is 19.8 Å². The fourth-order valence-corrected chi connectivity index (χ4v) is 14.1. The summed E-state index contributed by atoms with van der Waals surface area (Å²) in [5.74, 6) is 0.0899. The fraction of sp³-hybridized carbons (Fsp3) is 0.536. The first kappa shape index (κ1) is 50.4. The van der Waals surface area contributed by atoms with Gasteiger partial charge in [-0.15, -0.1) is 0 Å². The summed E-state index contributed by atoms with van der Waals surface area (Å²) in [5.41, 5.74) is 4.68. The zero-order chi connectivity index (χ0) is 51.7. The van der Waals surface area contributed by atoms with Crippen molar-refractivity contribution in [2.45, 2.75) is 139 Å². The Morgan fingerprint density at radius 3 is 2.47 bits per heavy atom. The summed E-state index contributed by atoms with van der Waals surface area (Å²) < 4.78 is 49.5. The Bertz CT molecular complexity index is 3040. The number of H-pyrrole nitrogens is 1. The number of ether oxygens (including phenoxy) is 3. The van der Waals surface area contributed by atoms with Crippen molar-refractivity contribution in [1.82, 2.24) is 19.6 Å². The number of aromatic amines is 1. The molecule has 74 heavy (non-hydrogen) atoms. The number of morpholine rings is 1. The second-order valence-electron chi connectivity index (χ2n) is 23.2. The van der Waals surface area contributed by atoms with Crippen molar-refractivity contribution in [3.63, 3.8) is 0 Å². The average molecular weight is 1030 g/mol. The van der Waals surface area contributed by atoms with Gasteiger partial charge in [-0.25, -0.2) is 13.1 Å². The van der Waals surface area contributed by atoms with E-state index in [1.165, 1.54) is 23.3 Å². The zero-order valence-electron chi connectivity index (χ0n) is 43.1. The quantitative estimate of drug-likeness (QED) is 0.0679. The molecule has 18 heteroatoms. The van der Waals surface area contributed by atoms with Gasteiger partial charge < -0.3 is 39.4 Å². The summed E-state index contributed by atoms with van der Waals surface area (Å²) >= 11 is 0. The molecule has 6 heterocycles. The summed E-state index contributed by atoms with van der Waals surface area (Å²) in [7, 11) is -4.63. The molecule has 4 aliphatic heterocycles. The molecule has 0 unspecified atom stereocenters. The smallest absolute Gasteiger partial charge is 0.293 e. The molecule has 11 rings (SSSR count). The molecule has 4 N–H and O–H groups in total. The van der Waals surface area contributed by atoms with E-state index in [0.29, 0.717) is 87.1 Å². The number of nitro groups is 1. The van der Waals surface area contributed by atoms with E-state index in [4.69, 9.17) is 19.2 Å². The highest BCUT2D eigenvalue weighted by Crippen LogP contribution is 2.55. The number of aromatic nitrogens is 2. The van der Waals surface area contributed by atoms with E-state index in [0.717, 1.165) is 68.8 Å². The minimum Gasteiger partial charge on any atom is -0.468 e. The Labute approximate surface area is 433 Å². The van der Waals surface area contributed by atoms with E-state index in [1.54, 1.807) is 6.07 Å². The van der Waals surface area contributed by atoms with Crippen LogP contribution >= 0.6 is 0 Å². The molecule has 2 aliphatic carbocycles. The van der Waals surface area contributed by atoms with Crippen LogP contribution in [0.2, 0.25) is 0 Å². The second-order valence-corrected chi connectivity index (χ2v) is 24.8. The van der Waals surface area contributed by atoms with Crippen molar-refractivity contribution in [3.8, 4) is 5.88 Å². The molecular weight excluding hydrogens is 961 g/mol. The van der Waals surface area contributed by atoms with Crippen LogP contribution in [0.25, 0.3) is 11.0 Å². The number of anilines is 4. The monoisotopic (exact) mass is 1030 g/mol. The lowest BCUT2D eigenvalue weighted by molar-refractivity contribution is -0.384. The number of nitrogens with one attached hydrogen (secondary N) is 3. The third-order valence-corrected chi connectivity index (χ3v) is 18.5. The largest absolute Gasteiger partial charge is 0.468 e. The zero-order valence-corrected chi connectivity index (χ0v) is 44.0. The molecule has 5 aromatic rings. The van der Waals surface area contributed by atoms with Gasteiger partial charge in [0.25, 0.3) is 21.6 Å². The number of hydrogen-bond acceptors (Lipinski definition) is 14. The maximum atomic E-state index is 14.8. The third kappa shape index (κ3) is 9.60.